The zero-order chi connectivity index (χ0) is 20.4. The fourth-order valence-corrected chi connectivity index (χ4v) is 3.08. The molecule has 0 saturated heterocycles. The lowest BCUT2D eigenvalue weighted by molar-refractivity contribution is -0.436. The second kappa shape index (κ2) is 7.73. The SMILES string of the molecule is CCCCCCCCCCC1(F)C(F)(F)C(F)C(F)(F)C(F)(F)C1(F)F. The highest BCUT2D eigenvalue weighted by atomic mass is 19.4. The highest BCUT2D eigenvalue weighted by molar-refractivity contribution is 5.23. The van der Waals surface area contributed by atoms with E-state index in [0.717, 1.165) is 25.7 Å². The molecular formula is C16H22F10. The van der Waals surface area contributed by atoms with E-state index in [9.17, 15) is 43.9 Å². The third-order valence-corrected chi connectivity index (χ3v) is 4.85. The van der Waals surface area contributed by atoms with Gasteiger partial charge < -0.3 is 0 Å². The van der Waals surface area contributed by atoms with Crippen LogP contribution in [0.25, 0.3) is 0 Å². The third-order valence-electron chi connectivity index (χ3n) is 4.85. The molecule has 0 nitrogen and oxygen atoms in total. The third kappa shape index (κ3) is 3.41. The van der Waals surface area contributed by atoms with Gasteiger partial charge in [0.05, 0.1) is 0 Å². The first kappa shape index (κ1) is 23.3. The molecule has 0 spiro atoms. The number of rotatable bonds is 9. The first-order valence-electron chi connectivity index (χ1n) is 8.56. The van der Waals surface area contributed by atoms with Crippen molar-refractivity contribution in [1.82, 2.24) is 0 Å². The monoisotopic (exact) mass is 404 g/mol. The second-order valence-corrected chi connectivity index (χ2v) is 6.78. The molecule has 1 aliphatic carbocycles. The maximum absolute atomic E-state index is 14.3. The maximum Gasteiger partial charge on any atom is 0.378 e. The van der Waals surface area contributed by atoms with E-state index in [1.165, 1.54) is 0 Å². The van der Waals surface area contributed by atoms with E-state index in [-0.39, 0.29) is 6.42 Å². The number of alkyl halides is 10. The molecule has 10 heteroatoms. The van der Waals surface area contributed by atoms with E-state index in [1.807, 2.05) is 6.92 Å². The Kier molecular flexibility index (Phi) is 6.94. The molecule has 0 aromatic carbocycles. The minimum absolute atomic E-state index is 0.0388. The van der Waals surface area contributed by atoms with Crippen LogP contribution in [0.1, 0.15) is 64.7 Å². The van der Waals surface area contributed by atoms with Crippen LogP contribution in [0.5, 0.6) is 0 Å². The fraction of sp³-hybridized carbons (Fsp3) is 1.00. The van der Waals surface area contributed by atoms with Gasteiger partial charge in [-0.05, 0) is 12.8 Å². The molecule has 26 heavy (non-hydrogen) atoms. The number of halogens is 10. The molecule has 0 N–H and O–H groups in total. The van der Waals surface area contributed by atoms with Gasteiger partial charge in [-0.2, -0.15) is 35.1 Å². The minimum atomic E-state index is -6.57. The van der Waals surface area contributed by atoms with E-state index >= 15 is 0 Å². The van der Waals surface area contributed by atoms with Crippen molar-refractivity contribution >= 4 is 0 Å². The summed E-state index contributed by atoms with van der Waals surface area (Å²) in [5.41, 5.74) is -5.40. The maximum atomic E-state index is 14.3. The molecular weight excluding hydrogens is 382 g/mol. The summed E-state index contributed by atoms with van der Waals surface area (Å²) in [7, 11) is 0. The summed E-state index contributed by atoms with van der Waals surface area (Å²) < 4.78 is 135. The van der Waals surface area contributed by atoms with E-state index in [0.29, 0.717) is 12.8 Å². The van der Waals surface area contributed by atoms with Gasteiger partial charge in [0.15, 0.2) is 0 Å². The zero-order valence-corrected chi connectivity index (χ0v) is 14.2. The van der Waals surface area contributed by atoms with Gasteiger partial charge in [0, 0.05) is 0 Å². The predicted molar refractivity (Wildman–Crippen MR) is 75.8 cm³/mol. The van der Waals surface area contributed by atoms with Crippen molar-refractivity contribution in [2.24, 2.45) is 0 Å². The van der Waals surface area contributed by atoms with Crippen LogP contribution in [0.2, 0.25) is 0 Å². The Hall–Kier alpha value is -0.700. The van der Waals surface area contributed by atoms with Crippen molar-refractivity contribution in [2.45, 2.75) is 100 Å². The summed E-state index contributed by atoms with van der Waals surface area (Å²) >= 11 is 0. The Morgan fingerprint density at radius 2 is 1.00 bits per heavy atom. The summed E-state index contributed by atoms with van der Waals surface area (Å²) in [5.74, 6) is -25.3. The molecule has 1 rings (SSSR count). The smallest absolute Gasteiger partial charge is 0.234 e. The van der Waals surface area contributed by atoms with Crippen LogP contribution in [0.3, 0.4) is 0 Å². The van der Waals surface area contributed by atoms with Crippen molar-refractivity contribution in [3.8, 4) is 0 Å². The van der Waals surface area contributed by atoms with Crippen LogP contribution < -0.4 is 0 Å². The van der Waals surface area contributed by atoms with E-state index < -0.39 is 48.4 Å². The van der Waals surface area contributed by atoms with Gasteiger partial charge in [0.25, 0.3) is 0 Å². The van der Waals surface area contributed by atoms with Gasteiger partial charge in [0.1, 0.15) is 0 Å². The molecule has 0 aliphatic heterocycles. The van der Waals surface area contributed by atoms with Crippen LogP contribution in [-0.2, 0) is 0 Å². The van der Waals surface area contributed by atoms with Crippen LogP contribution in [0.15, 0.2) is 0 Å². The average Bonchev–Trinajstić information content (AvgIpc) is 2.54. The van der Waals surface area contributed by atoms with Crippen LogP contribution >= 0.6 is 0 Å². The molecule has 156 valence electrons. The van der Waals surface area contributed by atoms with Gasteiger partial charge in [0.2, 0.25) is 11.8 Å². The van der Waals surface area contributed by atoms with Crippen LogP contribution in [0.4, 0.5) is 43.9 Å². The molecule has 2 unspecified atom stereocenters. The normalized spacial score (nSPS) is 31.7. The Balaban J connectivity index is 2.83. The minimum Gasteiger partial charge on any atom is -0.234 e. The van der Waals surface area contributed by atoms with Crippen LogP contribution in [0, 0.1) is 0 Å². The Bertz CT molecular complexity index is 462. The fourth-order valence-electron chi connectivity index (χ4n) is 3.08. The quantitative estimate of drug-likeness (QED) is 0.284. The van der Waals surface area contributed by atoms with Gasteiger partial charge >= 0.3 is 23.7 Å². The Morgan fingerprint density at radius 3 is 1.46 bits per heavy atom. The molecule has 1 aliphatic rings. The highest BCUT2D eigenvalue weighted by Gasteiger charge is 2.94. The molecule has 0 amide bonds. The van der Waals surface area contributed by atoms with Crippen molar-refractivity contribution in [3.05, 3.63) is 0 Å². The number of hydrogen-bond acceptors (Lipinski definition) is 0. The number of unbranched alkanes of at least 4 members (excludes halogenated alkanes) is 7. The van der Waals surface area contributed by atoms with E-state index in [4.69, 9.17) is 0 Å². The second-order valence-electron chi connectivity index (χ2n) is 6.78. The van der Waals surface area contributed by atoms with Crippen molar-refractivity contribution < 1.29 is 43.9 Å². The molecule has 0 heterocycles. The average molecular weight is 404 g/mol. The highest BCUT2D eigenvalue weighted by Crippen LogP contribution is 2.66. The molecule has 2 atom stereocenters. The summed E-state index contributed by atoms with van der Waals surface area (Å²) in [4.78, 5) is 0. The summed E-state index contributed by atoms with van der Waals surface area (Å²) in [6.45, 7) is 1.97. The lowest BCUT2D eigenvalue weighted by atomic mass is 9.71. The standard InChI is InChI=1S/C16H22F10/c1-2-3-4-5-6-7-8-9-10-12(18)13(19,20)11(17)14(21,22)16(25,26)15(12,23)24/h11H,2-10H2,1H3. The first-order chi connectivity index (χ1) is 11.7. The molecule has 0 aromatic heterocycles. The first-order valence-corrected chi connectivity index (χ1v) is 8.56. The predicted octanol–water partition coefficient (Wildman–Crippen LogP) is 7.12. The number of hydrogen-bond donors (Lipinski definition) is 0. The Morgan fingerprint density at radius 1 is 0.577 bits per heavy atom. The molecule has 1 fully saturated rings. The molecule has 1 saturated carbocycles. The lowest BCUT2D eigenvalue weighted by Gasteiger charge is -2.50. The van der Waals surface area contributed by atoms with Crippen molar-refractivity contribution in [1.29, 1.82) is 0 Å². The van der Waals surface area contributed by atoms with Gasteiger partial charge in [-0.3, -0.25) is 0 Å². The van der Waals surface area contributed by atoms with Crippen molar-refractivity contribution in [3.63, 3.8) is 0 Å². The molecule has 0 aromatic rings. The van der Waals surface area contributed by atoms with E-state index in [2.05, 4.69) is 0 Å². The summed E-state index contributed by atoms with van der Waals surface area (Å²) in [6.07, 6.45) is -3.05. The largest absolute Gasteiger partial charge is 0.378 e. The lowest BCUT2D eigenvalue weighted by Crippen LogP contribution is -2.80. The van der Waals surface area contributed by atoms with Gasteiger partial charge in [-0.1, -0.05) is 51.9 Å². The molecule has 0 bridgehead atoms. The van der Waals surface area contributed by atoms with Crippen molar-refractivity contribution in [2.75, 3.05) is 0 Å². The Labute approximate surface area is 145 Å². The summed E-state index contributed by atoms with van der Waals surface area (Å²) in [5, 5.41) is 0. The van der Waals surface area contributed by atoms with E-state index in [1.54, 1.807) is 0 Å². The zero-order valence-electron chi connectivity index (χ0n) is 14.2. The summed E-state index contributed by atoms with van der Waals surface area (Å²) in [6, 6.07) is 0. The molecule has 0 radical (unpaired) electrons. The van der Waals surface area contributed by atoms with Crippen LogP contribution in [-0.4, -0.2) is 35.5 Å². The van der Waals surface area contributed by atoms with Gasteiger partial charge in [-0.25, -0.2) is 8.78 Å². The van der Waals surface area contributed by atoms with Gasteiger partial charge in [-0.15, -0.1) is 0 Å². The topological polar surface area (TPSA) is 0 Å².